The molecule has 116 valence electrons. The Hall–Kier alpha value is -1.89. The van der Waals surface area contributed by atoms with Crippen LogP contribution >= 0.6 is 11.3 Å². The Morgan fingerprint density at radius 2 is 2.14 bits per heavy atom. The summed E-state index contributed by atoms with van der Waals surface area (Å²) in [5.74, 6) is -0.811. The van der Waals surface area contributed by atoms with Gasteiger partial charge in [0.25, 0.3) is 5.91 Å². The second kappa shape index (κ2) is 9.12. The van der Waals surface area contributed by atoms with E-state index < -0.39 is 6.04 Å². The molecule has 1 aromatic heterocycles. The maximum Gasteiger partial charge on any atom is 0.305 e. The minimum atomic E-state index is -0.623. The highest BCUT2D eigenvalue weighted by Gasteiger charge is 2.16. The van der Waals surface area contributed by atoms with Gasteiger partial charge in [0, 0.05) is 13.0 Å². The van der Waals surface area contributed by atoms with E-state index >= 15 is 0 Å². The molecule has 0 aliphatic heterocycles. The van der Waals surface area contributed by atoms with Gasteiger partial charge in [0.05, 0.1) is 11.5 Å². The molecular weight excluding hydrogens is 292 g/mol. The van der Waals surface area contributed by atoms with Crippen LogP contribution in [0.25, 0.3) is 0 Å². The number of amides is 2. The molecule has 21 heavy (non-hydrogen) atoms. The van der Waals surface area contributed by atoms with E-state index in [1.165, 1.54) is 11.3 Å². The first-order chi connectivity index (χ1) is 10.0. The Labute approximate surface area is 127 Å². The van der Waals surface area contributed by atoms with Gasteiger partial charge in [0.1, 0.15) is 6.04 Å². The van der Waals surface area contributed by atoms with Crippen LogP contribution in [-0.4, -0.2) is 37.0 Å². The Bertz CT molecular complexity index is 473. The summed E-state index contributed by atoms with van der Waals surface area (Å²) in [6.45, 7) is 4.09. The quantitative estimate of drug-likeness (QED) is 0.560. The Balaban J connectivity index is 2.22. The fourth-order valence-corrected chi connectivity index (χ4v) is 2.20. The highest BCUT2D eigenvalue weighted by atomic mass is 32.1. The maximum atomic E-state index is 11.8. The number of rotatable bonds is 8. The monoisotopic (exact) mass is 312 g/mol. The van der Waals surface area contributed by atoms with E-state index in [0.717, 1.165) is 0 Å². The van der Waals surface area contributed by atoms with Crippen molar-refractivity contribution in [3.63, 3.8) is 0 Å². The van der Waals surface area contributed by atoms with Crippen LogP contribution in [0.15, 0.2) is 17.5 Å². The standard InChI is InChI=1S/C14H20N2O4S/c1-3-20-12(17)7-4-8-15-13(18)10(2)16-14(19)11-6-5-9-21-11/h5-6,9-10H,3-4,7-8H2,1-2H3,(H,15,18)(H,16,19). The van der Waals surface area contributed by atoms with E-state index in [2.05, 4.69) is 10.6 Å². The zero-order chi connectivity index (χ0) is 15.7. The third-order valence-electron chi connectivity index (χ3n) is 2.65. The Kier molecular flexibility index (Phi) is 7.45. The van der Waals surface area contributed by atoms with Crippen LogP contribution in [0.1, 0.15) is 36.4 Å². The number of hydrogen-bond donors (Lipinski definition) is 2. The fraction of sp³-hybridized carbons (Fsp3) is 0.500. The third-order valence-corrected chi connectivity index (χ3v) is 3.52. The van der Waals surface area contributed by atoms with Crippen molar-refractivity contribution >= 4 is 29.1 Å². The first kappa shape index (κ1) is 17.2. The van der Waals surface area contributed by atoms with Crippen molar-refractivity contribution < 1.29 is 19.1 Å². The molecule has 6 nitrogen and oxygen atoms in total. The molecule has 0 bridgehead atoms. The first-order valence-corrected chi connectivity index (χ1v) is 7.70. The first-order valence-electron chi connectivity index (χ1n) is 6.82. The van der Waals surface area contributed by atoms with Crippen molar-refractivity contribution in [1.29, 1.82) is 0 Å². The van der Waals surface area contributed by atoms with Gasteiger partial charge in [-0.05, 0) is 31.7 Å². The molecule has 2 N–H and O–H groups in total. The minimum Gasteiger partial charge on any atom is -0.466 e. The van der Waals surface area contributed by atoms with Gasteiger partial charge in [0.2, 0.25) is 5.91 Å². The summed E-state index contributed by atoms with van der Waals surface area (Å²) in [6, 6.07) is 2.85. The zero-order valence-electron chi connectivity index (χ0n) is 12.2. The van der Waals surface area contributed by atoms with Crippen LogP contribution in [-0.2, 0) is 14.3 Å². The van der Waals surface area contributed by atoms with Crippen LogP contribution in [0.5, 0.6) is 0 Å². The summed E-state index contributed by atoms with van der Waals surface area (Å²) >= 11 is 1.32. The van der Waals surface area contributed by atoms with E-state index in [4.69, 9.17) is 4.74 Å². The van der Waals surface area contributed by atoms with Gasteiger partial charge in [-0.3, -0.25) is 14.4 Å². The second-order valence-corrected chi connectivity index (χ2v) is 5.32. The Morgan fingerprint density at radius 1 is 1.38 bits per heavy atom. The SMILES string of the molecule is CCOC(=O)CCCNC(=O)C(C)NC(=O)c1cccs1. The number of thiophene rings is 1. The summed E-state index contributed by atoms with van der Waals surface area (Å²) in [6.07, 6.45) is 0.778. The average Bonchev–Trinajstić information content (AvgIpc) is 2.97. The predicted octanol–water partition coefficient (Wildman–Crippen LogP) is 1.33. The number of carbonyl (C=O) groups is 3. The highest BCUT2D eigenvalue weighted by Crippen LogP contribution is 2.08. The summed E-state index contributed by atoms with van der Waals surface area (Å²) in [5.41, 5.74) is 0. The molecule has 0 saturated heterocycles. The summed E-state index contributed by atoms with van der Waals surface area (Å²) in [4.78, 5) is 35.2. The third kappa shape index (κ3) is 6.40. The van der Waals surface area contributed by atoms with Gasteiger partial charge < -0.3 is 15.4 Å². The van der Waals surface area contributed by atoms with Crippen molar-refractivity contribution in [2.24, 2.45) is 0 Å². The van der Waals surface area contributed by atoms with E-state index in [1.54, 1.807) is 31.4 Å². The van der Waals surface area contributed by atoms with E-state index in [1.807, 2.05) is 0 Å². The lowest BCUT2D eigenvalue weighted by molar-refractivity contribution is -0.143. The van der Waals surface area contributed by atoms with Crippen LogP contribution in [0, 0.1) is 0 Å². The number of esters is 1. The molecule has 1 rings (SSSR count). The largest absolute Gasteiger partial charge is 0.466 e. The number of hydrogen-bond acceptors (Lipinski definition) is 5. The van der Waals surface area contributed by atoms with Gasteiger partial charge in [-0.25, -0.2) is 0 Å². The minimum absolute atomic E-state index is 0.265. The molecule has 0 radical (unpaired) electrons. The lowest BCUT2D eigenvalue weighted by atomic mass is 10.2. The topological polar surface area (TPSA) is 84.5 Å². The summed E-state index contributed by atoms with van der Waals surface area (Å²) < 4.78 is 4.78. The molecule has 1 atom stereocenters. The van der Waals surface area contributed by atoms with Crippen molar-refractivity contribution in [2.75, 3.05) is 13.2 Å². The molecule has 0 aliphatic rings. The molecule has 0 aliphatic carbocycles. The number of nitrogens with one attached hydrogen (secondary N) is 2. The molecule has 1 aromatic rings. The molecule has 1 unspecified atom stereocenters. The van der Waals surface area contributed by atoms with Crippen molar-refractivity contribution in [3.8, 4) is 0 Å². The second-order valence-electron chi connectivity index (χ2n) is 4.37. The molecule has 7 heteroatoms. The maximum absolute atomic E-state index is 11.8. The zero-order valence-corrected chi connectivity index (χ0v) is 13.0. The van der Waals surface area contributed by atoms with Crippen LogP contribution in [0.4, 0.5) is 0 Å². The van der Waals surface area contributed by atoms with Crippen molar-refractivity contribution in [1.82, 2.24) is 10.6 Å². The van der Waals surface area contributed by atoms with Crippen LogP contribution < -0.4 is 10.6 Å². The summed E-state index contributed by atoms with van der Waals surface area (Å²) in [7, 11) is 0. The predicted molar refractivity (Wildman–Crippen MR) is 80.1 cm³/mol. The molecule has 0 saturated carbocycles. The number of ether oxygens (including phenoxy) is 1. The highest BCUT2D eigenvalue weighted by molar-refractivity contribution is 7.12. The molecule has 0 aromatic carbocycles. The van der Waals surface area contributed by atoms with Gasteiger partial charge in [-0.1, -0.05) is 6.07 Å². The molecule has 1 heterocycles. The van der Waals surface area contributed by atoms with Gasteiger partial charge in [0.15, 0.2) is 0 Å². The molecule has 0 fully saturated rings. The number of carbonyl (C=O) groups excluding carboxylic acids is 3. The van der Waals surface area contributed by atoms with Gasteiger partial charge >= 0.3 is 5.97 Å². The van der Waals surface area contributed by atoms with E-state index in [0.29, 0.717) is 24.4 Å². The normalized spacial score (nSPS) is 11.5. The van der Waals surface area contributed by atoms with Crippen molar-refractivity contribution in [2.45, 2.75) is 32.7 Å². The summed E-state index contributed by atoms with van der Waals surface area (Å²) in [5, 5.41) is 7.09. The van der Waals surface area contributed by atoms with Gasteiger partial charge in [-0.15, -0.1) is 11.3 Å². The molecular formula is C14H20N2O4S. The lowest BCUT2D eigenvalue weighted by Crippen LogP contribution is -2.44. The van der Waals surface area contributed by atoms with E-state index in [-0.39, 0.29) is 24.2 Å². The fourth-order valence-electron chi connectivity index (χ4n) is 1.57. The lowest BCUT2D eigenvalue weighted by Gasteiger charge is -2.13. The van der Waals surface area contributed by atoms with Crippen LogP contribution in [0.2, 0.25) is 0 Å². The average molecular weight is 312 g/mol. The smallest absolute Gasteiger partial charge is 0.305 e. The van der Waals surface area contributed by atoms with Crippen LogP contribution in [0.3, 0.4) is 0 Å². The molecule has 2 amide bonds. The Morgan fingerprint density at radius 3 is 2.76 bits per heavy atom. The van der Waals surface area contributed by atoms with E-state index in [9.17, 15) is 14.4 Å². The van der Waals surface area contributed by atoms with Crippen molar-refractivity contribution in [3.05, 3.63) is 22.4 Å². The molecule has 0 spiro atoms. The van der Waals surface area contributed by atoms with Gasteiger partial charge in [-0.2, -0.15) is 0 Å².